The van der Waals surface area contributed by atoms with E-state index >= 15 is 0 Å². The van der Waals surface area contributed by atoms with Crippen LogP contribution in [0.25, 0.3) is 0 Å². The Kier molecular flexibility index (Phi) is 5.32. The van der Waals surface area contributed by atoms with Crippen molar-refractivity contribution in [1.29, 1.82) is 0 Å². The molecule has 0 bridgehead atoms. The Morgan fingerprint density at radius 1 is 1.28 bits per heavy atom. The van der Waals surface area contributed by atoms with E-state index in [4.69, 9.17) is 4.74 Å². The number of ether oxygens (including phenoxy) is 2. The first-order chi connectivity index (χ1) is 8.60. The summed E-state index contributed by atoms with van der Waals surface area (Å²) >= 11 is 0. The van der Waals surface area contributed by atoms with Crippen molar-refractivity contribution in [3.05, 3.63) is 34.9 Å². The number of hydrogen-bond acceptors (Lipinski definition) is 4. The molecule has 5 nitrogen and oxygen atoms in total. The molecule has 18 heavy (non-hydrogen) atoms. The van der Waals surface area contributed by atoms with E-state index in [0.29, 0.717) is 24.3 Å². The van der Waals surface area contributed by atoms with E-state index in [1.54, 1.807) is 19.2 Å². The smallest absolute Gasteiger partial charge is 0.337 e. The molecule has 0 saturated heterocycles. The predicted molar refractivity (Wildman–Crippen MR) is 66.7 cm³/mol. The average molecular weight is 251 g/mol. The minimum Gasteiger partial charge on any atom is -0.465 e. The fourth-order valence-electron chi connectivity index (χ4n) is 1.47. The summed E-state index contributed by atoms with van der Waals surface area (Å²) < 4.78 is 9.47. The third kappa shape index (κ3) is 3.56. The van der Waals surface area contributed by atoms with Gasteiger partial charge in [-0.15, -0.1) is 0 Å². The molecule has 0 fully saturated rings. The minimum absolute atomic E-state index is 0.227. The Morgan fingerprint density at radius 2 is 2.00 bits per heavy atom. The molecular formula is C13H17NO4. The van der Waals surface area contributed by atoms with Crippen LogP contribution in [-0.4, -0.2) is 39.2 Å². The molecule has 1 aromatic rings. The third-order valence-corrected chi connectivity index (χ3v) is 2.50. The zero-order valence-electron chi connectivity index (χ0n) is 10.8. The fraction of sp³-hybridized carbons (Fsp3) is 0.385. The molecule has 0 atom stereocenters. The quantitative estimate of drug-likeness (QED) is 0.630. The zero-order valence-corrected chi connectivity index (χ0v) is 10.8. The lowest BCUT2D eigenvalue weighted by Gasteiger charge is -2.08. The fourth-order valence-corrected chi connectivity index (χ4v) is 1.47. The molecule has 1 amide bonds. The summed E-state index contributed by atoms with van der Waals surface area (Å²) in [5.74, 6) is -0.684. The van der Waals surface area contributed by atoms with Gasteiger partial charge in [-0.3, -0.25) is 4.79 Å². The molecule has 0 aliphatic rings. The summed E-state index contributed by atoms with van der Waals surface area (Å²) in [7, 11) is 2.87. The van der Waals surface area contributed by atoms with Gasteiger partial charge in [0.1, 0.15) is 0 Å². The maximum absolute atomic E-state index is 11.9. The molecule has 1 aromatic carbocycles. The van der Waals surface area contributed by atoms with Crippen molar-refractivity contribution >= 4 is 11.9 Å². The van der Waals surface area contributed by atoms with E-state index in [-0.39, 0.29) is 5.91 Å². The van der Waals surface area contributed by atoms with Crippen molar-refractivity contribution in [2.45, 2.75) is 6.92 Å². The first-order valence-electron chi connectivity index (χ1n) is 5.56. The van der Waals surface area contributed by atoms with Crippen molar-refractivity contribution in [3.63, 3.8) is 0 Å². The lowest BCUT2D eigenvalue weighted by molar-refractivity contribution is 0.0600. The van der Waals surface area contributed by atoms with Crippen molar-refractivity contribution in [2.75, 3.05) is 27.4 Å². The van der Waals surface area contributed by atoms with Crippen LogP contribution in [0.3, 0.4) is 0 Å². The van der Waals surface area contributed by atoms with Crippen LogP contribution in [0.2, 0.25) is 0 Å². The van der Waals surface area contributed by atoms with E-state index in [1.807, 2.05) is 6.92 Å². The van der Waals surface area contributed by atoms with Gasteiger partial charge >= 0.3 is 5.97 Å². The minimum atomic E-state index is -0.457. The van der Waals surface area contributed by atoms with Gasteiger partial charge in [0, 0.05) is 19.2 Å². The van der Waals surface area contributed by atoms with Crippen molar-refractivity contribution in [1.82, 2.24) is 5.32 Å². The third-order valence-electron chi connectivity index (χ3n) is 2.50. The lowest BCUT2D eigenvalue weighted by Crippen LogP contribution is -2.27. The molecule has 0 heterocycles. The number of methoxy groups -OCH3 is 2. The Balaban J connectivity index is 2.86. The Morgan fingerprint density at radius 3 is 2.61 bits per heavy atom. The predicted octanol–water partition coefficient (Wildman–Crippen LogP) is 1.16. The molecule has 0 aromatic heterocycles. The van der Waals surface area contributed by atoms with Gasteiger partial charge in [-0.2, -0.15) is 0 Å². The second kappa shape index (κ2) is 6.76. The van der Waals surface area contributed by atoms with Crippen molar-refractivity contribution in [3.8, 4) is 0 Å². The number of rotatable bonds is 5. The monoisotopic (exact) mass is 251 g/mol. The lowest BCUT2D eigenvalue weighted by atomic mass is 10.0. The van der Waals surface area contributed by atoms with E-state index in [0.717, 1.165) is 5.56 Å². The van der Waals surface area contributed by atoms with E-state index in [9.17, 15) is 9.59 Å². The first kappa shape index (κ1) is 14.2. The van der Waals surface area contributed by atoms with Crippen LogP contribution in [-0.2, 0) is 9.47 Å². The SMILES string of the molecule is COCCNC(=O)c1cc(C(=O)OC)ccc1C. The van der Waals surface area contributed by atoms with Crippen LogP contribution >= 0.6 is 0 Å². The maximum atomic E-state index is 11.9. The number of benzene rings is 1. The summed E-state index contributed by atoms with van der Waals surface area (Å²) in [6.07, 6.45) is 0. The molecule has 5 heteroatoms. The molecule has 0 radical (unpaired) electrons. The molecule has 98 valence electrons. The highest BCUT2D eigenvalue weighted by molar-refractivity contribution is 5.99. The van der Waals surface area contributed by atoms with Gasteiger partial charge < -0.3 is 14.8 Å². The molecule has 0 saturated carbocycles. The number of nitrogens with one attached hydrogen (secondary N) is 1. The highest BCUT2D eigenvalue weighted by Crippen LogP contribution is 2.12. The van der Waals surface area contributed by atoms with Crippen LogP contribution in [0.1, 0.15) is 26.3 Å². The van der Waals surface area contributed by atoms with E-state index < -0.39 is 5.97 Å². The normalized spacial score (nSPS) is 9.94. The Bertz CT molecular complexity index is 443. The largest absolute Gasteiger partial charge is 0.465 e. The highest BCUT2D eigenvalue weighted by atomic mass is 16.5. The molecule has 0 aliphatic carbocycles. The maximum Gasteiger partial charge on any atom is 0.337 e. The number of carbonyl (C=O) groups is 2. The Labute approximate surface area is 106 Å². The summed E-state index contributed by atoms with van der Waals surface area (Å²) in [6, 6.07) is 4.88. The Hall–Kier alpha value is -1.88. The molecule has 0 unspecified atom stereocenters. The molecular weight excluding hydrogens is 234 g/mol. The number of esters is 1. The van der Waals surface area contributed by atoms with Gasteiger partial charge in [-0.05, 0) is 24.6 Å². The van der Waals surface area contributed by atoms with Gasteiger partial charge in [-0.1, -0.05) is 6.07 Å². The van der Waals surface area contributed by atoms with Gasteiger partial charge in [0.15, 0.2) is 0 Å². The van der Waals surface area contributed by atoms with Crippen molar-refractivity contribution < 1.29 is 19.1 Å². The first-order valence-corrected chi connectivity index (χ1v) is 5.56. The van der Waals surface area contributed by atoms with Gasteiger partial charge in [0.25, 0.3) is 5.91 Å². The van der Waals surface area contributed by atoms with Crippen LogP contribution < -0.4 is 5.32 Å². The summed E-state index contributed by atoms with van der Waals surface area (Å²) in [6.45, 7) is 2.69. The summed E-state index contributed by atoms with van der Waals surface area (Å²) in [5.41, 5.74) is 1.63. The highest BCUT2D eigenvalue weighted by Gasteiger charge is 2.13. The van der Waals surface area contributed by atoms with Crippen LogP contribution in [0, 0.1) is 6.92 Å². The standard InChI is InChI=1S/C13H17NO4/c1-9-4-5-10(13(16)18-3)8-11(9)12(15)14-6-7-17-2/h4-5,8H,6-7H2,1-3H3,(H,14,15). The summed E-state index contributed by atoms with van der Waals surface area (Å²) in [4.78, 5) is 23.3. The van der Waals surface area contributed by atoms with Crippen LogP contribution in [0.5, 0.6) is 0 Å². The topological polar surface area (TPSA) is 64.6 Å². The number of amides is 1. The van der Waals surface area contributed by atoms with Gasteiger partial charge in [0.2, 0.25) is 0 Å². The number of aryl methyl sites for hydroxylation is 1. The second-order valence-electron chi connectivity index (χ2n) is 3.77. The van der Waals surface area contributed by atoms with Gasteiger partial charge in [0.05, 0.1) is 19.3 Å². The van der Waals surface area contributed by atoms with Crippen molar-refractivity contribution in [2.24, 2.45) is 0 Å². The second-order valence-corrected chi connectivity index (χ2v) is 3.77. The van der Waals surface area contributed by atoms with Crippen LogP contribution in [0.15, 0.2) is 18.2 Å². The van der Waals surface area contributed by atoms with E-state index in [2.05, 4.69) is 10.1 Å². The zero-order chi connectivity index (χ0) is 13.5. The van der Waals surface area contributed by atoms with Crippen LogP contribution in [0.4, 0.5) is 0 Å². The summed E-state index contributed by atoms with van der Waals surface area (Å²) in [5, 5.41) is 2.71. The molecule has 1 rings (SSSR count). The molecule has 1 N–H and O–H groups in total. The number of carbonyl (C=O) groups excluding carboxylic acids is 2. The van der Waals surface area contributed by atoms with E-state index in [1.165, 1.54) is 13.2 Å². The average Bonchev–Trinajstić information content (AvgIpc) is 2.38. The molecule has 0 aliphatic heterocycles. The molecule has 0 spiro atoms. The van der Waals surface area contributed by atoms with Gasteiger partial charge in [-0.25, -0.2) is 4.79 Å². The number of hydrogen-bond donors (Lipinski definition) is 1.